The largest absolute Gasteiger partial charge is 0.493 e. The van der Waals surface area contributed by atoms with E-state index in [1.54, 1.807) is 33.5 Å². The number of hydrogen-bond donors (Lipinski definition) is 0. The van der Waals surface area contributed by atoms with Crippen LogP contribution in [-0.4, -0.2) is 45.2 Å². The van der Waals surface area contributed by atoms with Crippen molar-refractivity contribution in [1.82, 2.24) is 4.90 Å². The topological polar surface area (TPSA) is 48.0 Å². The summed E-state index contributed by atoms with van der Waals surface area (Å²) in [6.45, 7) is 1.41. The van der Waals surface area contributed by atoms with Gasteiger partial charge in [-0.15, -0.1) is 0 Å². The first-order chi connectivity index (χ1) is 13.6. The Morgan fingerprint density at radius 1 is 1.00 bits per heavy atom. The van der Waals surface area contributed by atoms with E-state index in [1.807, 2.05) is 17.0 Å². The van der Waals surface area contributed by atoms with E-state index in [2.05, 4.69) is 12.1 Å². The molecule has 1 fully saturated rings. The minimum Gasteiger partial charge on any atom is -0.493 e. The Morgan fingerprint density at radius 3 is 2.21 bits per heavy atom. The first-order valence-corrected chi connectivity index (χ1v) is 9.80. The van der Waals surface area contributed by atoms with Gasteiger partial charge in [0.2, 0.25) is 5.75 Å². The van der Waals surface area contributed by atoms with Gasteiger partial charge in [-0.05, 0) is 42.7 Å². The molecule has 1 aliphatic heterocycles. The Kier molecular flexibility index (Phi) is 6.68. The molecular formula is C22H26ClNO4. The number of likely N-dealkylation sites (tertiary alicyclic amines) is 1. The number of methoxy groups -OCH3 is 3. The van der Waals surface area contributed by atoms with Gasteiger partial charge in [-0.2, -0.15) is 0 Å². The minimum absolute atomic E-state index is 0.0277. The maximum atomic E-state index is 13.3. The third-order valence-corrected chi connectivity index (χ3v) is 5.46. The summed E-state index contributed by atoms with van der Waals surface area (Å²) >= 11 is 6.03. The molecule has 6 heteroatoms. The molecule has 0 aliphatic carbocycles. The molecule has 3 rings (SSSR count). The van der Waals surface area contributed by atoms with Gasteiger partial charge in [-0.3, -0.25) is 4.79 Å². The lowest BCUT2D eigenvalue weighted by molar-refractivity contribution is 0.0753. The predicted molar refractivity (Wildman–Crippen MR) is 110 cm³/mol. The molecular weight excluding hydrogens is 378 g/mol. The van der Waals surface area contributed by atoms with Crippen LogP contribution in [0.25, 0.3) is 0 Å². The molecule has 0 N–H and O–H groups in total. The van der Waals surface area contributed by atoms with Gasteiger partial charge < -0.3 is 19.1 Å². The first kappa shape index (κ1) is 20.3. The molecule has 1 atom stereocenters. The normalized spacial score (nSPS) is 17.0. The van der Waals surface area contributed by atoms with E-state index in [9.17, 15) is 4.79 Å². The highest BCUT2D eigenvalue weighted by atomic mass is 35.5. The summed E-state index contributed by atoms with van der Waals surface area (Å²) in [6, 6.07) is 11.4. The lowest BCUT2D eigenvalue weighted by atomic mass is 9.94. The number of carbonyl (C=O) groups excluding carboxylic acids is 1. The van der Waals surface area contributed by atoms with E-state index in [0.29, 0.717) is 35.3 Å². The number of carbonyl (C=O) groups is 1. The average Bonchev–Trinajstić information content (AvgIpc) is 2.99. The third-order valence-electron chi connectivity index (χ3n) is 5.21. The zero-order chi connectivity index (χ0) is 20.1. The van der Waals surface area contributed by atoms with Crippen molar-refractivity contribution in [2.45, 2.75) is 25.2 Å². The maximum Gasteiger partial charge on any atom is 0.254 e. The van der Waals surface area contributed by atoms with Crippen LogP contribution >= 0.6 is 11.6 Å². The van der Waals surface area contributed by atoms with Crippen LogP contribution in [0.3, 0.4) is 0 Å². The summed E-state index contributed by atoms with van der Waals surface area (Å²) in [5.41, 5.74) is 1.75. The van der Waals surface area contributed by atoms with E-state index < -0.39 is 0 Å². The van der Waals surface area contributed by atoms with Crippen LogP contribution in [0.1, 0.15) is 41.1 Å². The number of ether oxygens (including phenoxy) is 3. The van der Waals surface area contributed by atoms with Crippen LogP contribution in [-0.2, 0) is 0 Å². The van der Waals surface area contributed by atoms with Crippen molar-refractivity contribution >= 4 is 17.5 Å². The molecule has 150 valence electrons. The number of halogens is 1. The quantitative estimate of drug-likeness (QED) is 0.721. The standard InChI is InChI=1S/C22H26ClNO4/c1-26-19-12-17(13-20(27-2)21(19)28-3)22(25)24-11-5-4-6-16(14-24)15-7-9-18(23)10-8-15/h7-10,12-13,16H,4-6,11,14H2,1-3H3/t16-/m0/s1. The Labute approximate surface area is 171 Å². The predicted octanol–water partition coefficient (Wildman–Crippen LogP) is 4.78. The second kappa shape index (κ2) is 9.20. The molecule has 2 aromatic rings. The van der Waals surface area contributed by atoms with E-state index in [-0.39, 0.29) is 5.91 Å². The van der Waals surface area contributed by atoms with Crippen molar-refractivity contribution in [2.75, 3.05) is 34.4 Å². The van der Waals surface area contributed by atoms with Gasteiger partial charge in [-0.25, -0.2) is 0 Å². The van der Waals surface area contributed by atoms with Crippen LogP contribution in [0.5, 0.6) is 17.2 Å². The van der Waals surface area contributed by atoms with Gasteiger partial charge in [0.15, 0.2) is 11.5 Å². The van der Waals surface area contributed by atoms with Gasteiger partial charge >= 0.3 is 0 Å². The lowest BCUT2D eigenvalue weighted by Crippen LogP contribution is -2.34. The molecule has 1 heterocycles. The smallest absolute Gasteiger partial charge is 0.254 e. The van der Waals surface area contributed by atoms with Gasteiger partial charge in [0.25, 0.3) is 5.91 Å². The number of nitrogens with zero attached hydrogens (tertiary/aromatic N) is 1. The molecule has 0 saturated carbocycles. The monoisotopic (exact) mass is 403 g/mol. The molecule has 0 bridgehead atoms. The summed E-state index contributed by atoms with van der Waals surface area (Å²) < 4.78 is 16.1. The Morgan fingerprint density at radius 2 is 1.64 bits per heavy atom. The summed E-state index contributed by atoms with van der Waals surface area (Å²) in [5.74, 6) is 1.71. The number of benzene rings is 2. The second-order valence-electron chi connectivity index (χ2n) is 6.91. The van der Waals surface area contributed by atoms with E-state index in [0.717, 1.165) is 30.8 Å². The fourth-order valence-electron chi connectivity index (χ4n) is 3.72. The summed E-state index contributed by atoms with van der Waals surface area (Å²) in [4.78, 5) is 15.2. The van der Waals surface area contributed by atoms with Crippen molar-refractivity contribution < 1.29 is 19.0 Å². The minimum atomic E-state index is -0.0277. The molecule has 0 radical (unpaired) electrons. The van der Waals surface area contributed by atoms with E-state index in [4.69, 9.17) is 25.8 Å². The highest BCUT2D eigenvalue weighted by Crippen LogP contribution is 2.39. The van der Waals surface area contributed by atoms with Gasteiger partial charge in [0.1, 0.15) is 0 Å². The number of rotatable bonds is 5. The fraction of sp³-hybridized carbons (Fsp3) is 0.409. The number of hydrogen-bond acceptors (Lipinski definition) is 4. The average molecular weight is 404 g/mol. The van der Waals surface area contributed by atoms with Crippen molar-refractivity contribution in [3.05, 3.63) is 52.5 Å². The van der Waals surface area contributed by atoms with Gasteiger partial charge in [0.05, 0.1) is 21.3 Å². The summed E-state index contributed by atoms with van der Waals surface area (Å²) in [6.07, 6.45) is 3.13. The SMILES string of the molecule is COc1cc(C(=O)N2CCCC[C@H](c3ccc(Cl)cc3)C2)cc(OC)c1OC. The molecule has 0 unspecified atom stereocenters. The van der Waals surface area contributed by atoms with E-state index >= 15 is 0 Å². The molecule has 28 heavy (non-hydrogen) atoms. The van der Waals surface area contributed by atoms with Crippen LogP contribution in [0.2, 0.25) is 5.02 Å². The maximum absolute atomic E-state index is 13.3. The summed E-state index contributed by atoms with van der Waals surface area (Å²) in [5, 5.41) is 0.725. The van der Waals surface area contributed by atoms with Crippen molar-refractivity contribution in [3.8, 4) is 17.2 Å². The van der Waals surface area contributed by atoms with Crippen LogP contribution in [0, 0.1) is 0 Å². The van der Waals surface area contributed by atoms with Crippen molar-refractivity contribution in [3.63, 3.8) is 0 Å². The van der Waals surface area contributed by atoms with Crippen molar-refractivity contribution in [1.29, 1.82) is 0 Å². The Balaban J connectivity index is 1.87. The van der Waals surface area contributed by atoms with Crippen LogP contribution < -0.4 is 14.2 Å². The fourth-order valence-corrected chi connectivity index (χ4v) is 3.85. The second-order valence-corrected chi connectivity index (χ2v) is 7.35. The molecule has 0 aromatic heterocycles. The first-order valence-electron chi connectivity index (χ1n) is 9.42. The molecule has 1 amide bonds. The highest BCUT2D eigenvalue weighted by molar-refractivity contribution is 6.30. The van der Waals surface area contributed by atoms with E-state index in [1.165, 1.54) is 5.56 Å². The molecule has 1 saturated heterocycles. The Bertz CT molecular complexity index is 797. The summed E-state index contributed by atoms with van der Waals surface area (Å²) in [7, 11) is 4.65. The van der Waals surface area contributed by atoms with Crippen LogP contribution in [0.15, 0.2) is 36.4 Å². The number of amides is 1. The molecule has 0 spiro atoms. The van der Waals surface area contributed by atoms with Crippen LogP contribution in [0.4, 0.5) is 0 Å². The lowest BCUT2D eigenvalue weighted by Gasteiger charge is -2.25. The van der Waals surface area contributed by atoms with Gasteiger partial charge in [0, 0.05) is 29.6 Å². The zero-order valence-corrected chi connectivity index (χ0v) is 17.3. The van der Waals surface area contributed by atoms with Crippen molar-refractivity contribution in [2.24, 2.45) is 0 Å². The Hall–Kier alpha value is -2.40. The zero-order valence-electron chi connectivity index (χ0n) is 16.5. The molecule has 5 nitrogen and oxygen atoms in total. The third kappa shape index (κ3) is 4.36. The molecule has 1 aliphatic rings. The van der Waals surface area contributed by atoms with Gasteiger partial charge in [-0.1, -0.05) is 30.2 Å². The molecule has 2 aromatic carbocycles. The highest BCUT2D eigenvalue weighted by Gasteiger charge is 2.26.